The summed E-state index contributed by atoms with van der Waals surface area (Å²) >= 11 is 0. The largest absolute Gasteiger partial charge is 0.290 e. The third-order valence-electron chi connectivity index (χ3n) is 3.17. The molecule has 0 unspecified atom stereocenters. The molecule has 0 radical (unpaired) electrons. The van der Waals surface area contributed by atoms with E-state index in [9.17, 15) is 9.18 Å². The maximum absolute atomic E-state index is 13.4. The first-order valence-electron chi connectivity index (χ1n) is 6.75. The first-order chi connectivity index (χ1) is 9.01. The van der Waals surface area contributed by atoms with Crippen LogP contribution < -0.4 is 5.56 Å². The van der Waals surface area contributed by atoms with Crippen LogP contribution in [0.3, 0.4) is 0 Å². The van der Waals surface area contributed by atoms with Gasteiger partial charge in [-0.2, -0.15) is 0 Å². The highest BCUT2D eigenvalue weighted by molar-refractivity contribution is 5.77. The fourth-order valence-corrected chi connectivity index (χ4v) is 2.28. The predicted octanol–water partition coefficient (Wildman–Crippen LogP) is 3.59. The molecule has 0 bridgehead atoms. The van der Waals surface area contributed by atoms with Gasteiger partial charge in [-0.05, 0) is 32.9 Å². The van der Waals surface area contributed by atoms with E-state index in [1.807, 2.05) is 41.5 Å². The zero-order valence-electron chi connectivity index (χ0n) is 12.9. The van der Waals surface area contributed by atoms with Crippen LogP contribution in [0.4, 0.5) is 4.39 Å². The van der Waals surface area contributed by atoms with Crippen LogP contribution in [0, 0.1) is 5.82 Å². The van der Waals surface area contributed by atoms with Gasteiger partial charge in [0.05, 0.1) is 10.9 Å². The molecule has 0 spiro atoms. The van der Waals surface area contributed by atoms with Crippen molar-refractivity contribution in [1.82, 2.24) is 9.55 Å². The monoisotopic (exact) mass is 276 g/mol. The summed E-state index contributed by atoms with van der Waals surface area (Å²) in [7, 11) is 0. The molecule has 0 atom stereocenters. The van der Waals surface area contributed by atoms with Crippen LogP contribution in [-0.2, 0) is 11.0 Å². The van der Waals surface area contributed by atoms with Crippen molar-refractivity contribution in [3.63, 3.8) is 0 Å². The fourth-order valence-electron chi connectivity index (χ4n) is 2.28. The maximum atomic E-state index is 13.4. The highest BCUT2D eigenvalue weighted by Crippen LogP contribution is 2.26. The van der Waals surface area contributed by atoms with Gasteiger partial charge in [-0.1, -0.05) is 20.8 Å². The molecular formula is C16H21FN2O. The number of fused-ring (bicyclic) bond motifs is 1. The summed E-state index contributed by atoms with van der Waals surface area (Å²) in [5, 5.41) is 0.453. The Labute approximate surface area is 118 Å². The molecule has 2 aromatic rings. The number of halogens is 1. The Balaban J connectivity index is 2.99. The average Bonchev–Trinajstić information content (AvgIpc) is 2.24. The topological polar surface area (TPSA) is 34.9 Å². The molecule has 1 heterocycles. The van der Waals surface area contributed by atoms with Crippen LogP contribution in [0.2, 0.25) is 0 Å². The van der Waals surface area contributed by atoms with E-state index in [0.29, 0.717) is 16.7 Å². The summed E-state index contributed by atoms with van der Waals surface area (Å²) < 4.78 is 15.1. The van der Waals surface area contributed by atoms with E-state index in [1.54, 1.807) is 4.57 Å². The number of hydrogen-bond donors (Lipinski definition) is 0. The van der Waals surface area contributed by atoms with Gasteiger partial charge in [0.25, 0.3) is 5.56 Å². The normalized spacial score (nSPS) is 12.9. The van der Waals surface area contributed by atoms with Gasteiger partial charge in [0.15, 0.2) is 0 Å². The lowest BCUT2D eigenvalue weighted by molar-refractivity contribution is 0.338. The zero-order valence-corrected chi connectivity index (χ0v) is 12.9. The quantitative estimate of drug-likeness (QED) is 0.737. The molecule has 0 amide bonds. The Kier molecular flexibility index (Phi) is 3.23. The lowest BCUT2D eigenvalue weighted by Gasteiger charge is -2.31. The molecule has 0 fully saturated rings. The van der Waals surface area contributed by atoms with Gasteiger partial charge in [0, 0.05) is 17.0 Å². The van der Waals surface area contributed by atoms with Crippen molar-refractivity contribution in [3.8, 4) is 0 Å². The van der Waals surface area contributed by atoms with Gasteiger partial charge in [-0.15, -0.1) is 0 Å². The molecule has 20 heavy (non-hydrogen) atoms. The number of rotatable bonds is 0. The molecule has 0 aliphatic rings. The molecule has 1 aromatic carbocycles. The van der Waals surface area contributed by atoms with Crippen molar-refractivity contribution in [2.24, 2.45) is 0 Å². The van der Waals surface area contributed by atoms with Gasteiger partial charge in [-0.25, -0.2) is 9.37 Å². The minimum Gasteiger partial charge on any atom is -0.290 e. The molecule has 0 aliphatic heterocycles. The summed E-state index contributed by atoms with van der Waals surface area (Å²) in [4.78, 5) is 17.3. The van der Waals surface area contributed by atoms with Gasteiger partial charge >= 0.3 is 0 Å². The predicted molar refractivity (Wildman–Crippen MR) is 79.7 cm³/mol. The van der Waals surface area contributed by atoms with E-state index in [0.717, 1.165) is 0 Å². The molecule has 1 aromatic heterocycles. The van der Waals surface area contributed by atoms with E-state index < -0.39 is 0 Å². The van der Waals surface area contributed by atoms with Crippen molar-refractivity contribution < 1.29 is 4.39 Å². The molecular weight excluding hydrogens is 255 g/mol. The van der Waals surface area contributed by atoms with Gasteiger partial charge in [0.1, 0.15) is 11.6 Å². The van der Waals surface area contributed by atoms with Gasteiger partial charge < -0.3 is 0 Å². The highest BCUT2D eigenvalue weighted by atomic mass is 19.1. The van der Waals surface area contributed by atoms with Crippen LogP contribution in [0.15, 0.2) is 23.0 Å². The summed E-state index contributed by atoms with van der Waals surface area (Å²) in [5.41, 5.74) is -0.379. The van der Waals surface area contributed by atoms with Gasteiger partial charge in [-0.3, -0.25) is 9.36 Å². The Morgan fingerprint density at radius 2 is 1.70 bits per heavy atom. The number of nitrogens with zero attached hydrogens (tertiary/aromatic N) is 2. The molecule has 2 rings (SSSR count). The van der Waals surface area contributed by atoms with E-state index in [2.05, 4.69) is 4.98 Å². The summed E-state index contributed by atoms with van der Waals surface area (Å²) in [6.07, 6.45) is 0. The molecule has 108 valence electrons. The first-order valence-corrected chi connectivity index (χ1v) is 6.75. The minimum atomic E-state index is -0.380. The van der Waals surface area contributed by atoms with Crippen molar-refractivity contribution in [1.29, 1.82) is 0 Å². The SMILES string of the molecule is CC(C)(C)c1nc2cc(F)ccc2c(=O)n1C(C)(C)C. The van der Waals surface area contributed by atoms with Crippen molar-refractivity contribution in [2.45, 2.75) is 52.5 Å². The standard InChI is InChI=1S/C16H21FN2O/c1-15(2,3)14-18-12-9-10(17)7-8-11(12)13(20)19(14)16(4,5)6/h7-9H,1-6H3. The van der Waals surface area contributed by atoms with Gasteiger partial charge in [0.2, 0.25) is 0 Å². The summed E-state index contributed by atoms with van der Waals surface area (Å²) in [5.74, 6) is 0.297. The molecule has 0 aliphatic carbocycles. The summed E-state index contributed by atoms with van der Waals surface area (Å²) in [6.45, 7) is 11.9. The van der Waals surface area contributed by atoms with E-state index in [1.165, 1.54) is 18.2 Å². The Hall–Kier alpha value is -1.71. The van der Waals surface area contributed by atoms with Crippen LogP contribution in [0.25, 0.3) is 10.9 Å². The Morgan fingerprint density at radius 1 is 1.10 bits per heavy atom. The fraction of sp³-hybridized carbons (Fsp3) is 0.500. The second kappa shape index (κ2) is 4.40. The molecule has 4 heteroatoms. The van der Waals surface area contributed by atoms with Crippen molar-refractivity contribution >= 4 is 10.9 Å². The molecule has 3 nitrogen and oxygen atoms in total. The van der Waals surface area contributed by atoms with E-state index in [4.69, 9.17) is 0 Å². The Morgan fingerprint density at radius 3 is 2.20 bits per heavy atom. The van der Waals surface area contributed by atoms with E-state index in [-0.39, 0.29) is 22.3 Å². The maximum Gasteiger partial charge on any atom is 0.261 e. The smallest absolute Gasteiger partial charge is 0.261 e. The Bertz CT molecular complexity index is 718. The third kappa shape index (κ3) is 2.47. The van der Waals surface area contributed by atoms with Crippen LogP contribution >= 0.6 is 0 Å². The number of benzene rings is 1. The molecule has 0 saturated heterocycles. The number of hydrogen-bond acceptors (Lipinski definition) is 2. The van der Waals surface area contributed by atoms with Crippen molar-refractivity contribution in [3.05, 3.63) is 40.2 Å². The van der Waals surface area contributed by atoms with Crippen LogP contribution in [0.1, 0.15) is 47.4 Å². The minimum absolute atomic E-state index is 0.118. The molecule has 0 saturated carbocycles. The van der Waals surface area contributed by atoms with Crippen molar-refractivity contribution in [2.75, 3.05) is 0 Å². The zero-order chi connectivity index (χ0) is 15.3. The lowest BCUT2D eigenvalue weighted by Crippen LogP contribution is -2.40. The molecule has 0 N–H and O–H groups in total. The third-order valence-corrected chi connectivity index (χ3v) is 3.17. The van der Waals surface area contributed by atoms with Crippen LogP contribution in [0.5, 0.6) is 0 Å². The average molecular weight is 276 g/mol. The van der Waals surface area contributed by atoms with E-state index >= 15 is 0 Å². The summed E-state index contributed by atoms with van der Waals surface area (Å²) in [6, 6.07) is 4.13. The van der Waals surface area contributed by atoms with Crippen LogP contribution in [-0.4, -0.2) is 9.55 Å². The number of aromatic nitrogens is 2. The first kappa shape index (κ1) is 14.7. The second-order valence-electron chi connectivity index (χ2n) is 7.16. The highest BCUT2D eigenvalue weighted by Gasteiger charge is 2.28. The lowest BCUT2D eigenvalue weighted by atomic mass is 9.93. The second-order valence-corrected chi connectivity index (χ2v) is 7.16.